The Kier molecular flexibility index (Phi) is 7.26. The first kappa shape index (κ1) is 21.0. The summed E-state index contributed by atoms with van der Waals surface area (Å²) in [5.41, 5.74) is 4.83. The van der Waals surface area contributed by atoms with E-state index in [4.69, 9.17) is 4.74 Å². The van der Waals surface area contributed by atoms with Gasteiger partial charge in [-0.25, -0.2) is 0 Å². The second-order valence-electron chi connectivity index (χ2n) is 7.33. The molecule has 0 radical (unpaired) electrons. The van der Waals surface area contributed by atoms with Crippen molar-refractivity contribution in [2.45, 2.75) is 13.0 Å². The molecule has 0 aliphatic rings. The van der Waals surface area contributed by atoms with Crippen LogP contribution in [0.4, 0.5) is 0 Å². The first-order chi connectivity index (χ1) is 15.3. The van der Waals surface area contributed by atoms with Crippen LogP contribution in [0.2, 0.25) is 0 Å². The third-order valence-electron chi connectivity index (χ3n) is 5.06. The van der Waals surface area contributed by atoms with E-state index in [1.54, 1.807) is 0 Å². The van der Waals surface area contributed by atoms with Gasteiger partial charge < -0.3 is 4.74 Å². The van der Waals surface area contributed by atoms with Crippen molar-refractivity contribution in [3.63, 3.8) is 0 Å². The monoisotopic (exact) mass is 423 g/mol. The minimum atomic E-state index is 0.493. The molecular weight excluding hydrogens is 397 g/mol. The summed E-state index contributed by atoms with van der Waals surface area (Å²) >= 11 is 0. The van der Waals surface area contributed by atoms with E-state index in [1.165, 1.54) is 27.3 Å². The smallest absolute Gasteiger partial charge is 0.131 e. The van der Waals surface area contributed by atoms with Gasteiger partial charge in [-0.3, -0.25) is 4.99 Å². The van der Waals surface area contributed by atoms with Crippen LogP contribution in [0.5, 0.6) is 5.75 Å². The predicted molar refractivity (Wildman–Crippen MR) is 134 cm³/mol. The number of rotatable bonds is 8. The van der Waals surface area contributed by atoms with Crippen LogP contribution in [-0.2, 0) is 13.0 Å². The Morgan fingerprint density at radius 2 is 1.35 bits per heavy atom. The lowest BCUT2D eigenvalue weighted by Gasteiger charge is -2.17. The van der Waals surface area contributed by atoms with Gasteiger partial charge in [-0.15, -0.1) is 0 Å². The van der Waals surface area contributed by atoms with Crippen molar-refractivity contribution in [3.8, 4) is 5.75 Å². The largest absolute Gasteiger partial charge is 0.488 e. The summed E-state index contributed by atoms with van der Waals surface area (Å²) in [5, 5.41) is 2.50. The molecule has 2 nitrogen and oxygen atoms in total. The highest BCUT2D eigenvalue weighted by Gasteiger charge is 2.13. The summed E-state index contributed by atoms with van der Waals surface area (Å²) in [7, 11) is 2.31. The van der Waals surface area contributed by atoms with Gasteiger partial charge in [-0.1, -0.05) is 112 Å². The van der Waals surface area contributed by atoms with Crippen molar-refractivity contribution < 1.29 is 4.74 Å². The van der Waals surface area contributed by atoms with Crippen LogP contribution >= 0.6 is 8.58 Å². The summed E-state index contributed by atoms with van der Waals surface area (Å²) < 4.78 is 6.47. The third-order valence-corrected chi connectivity index (χ3v) is 6.45. The number of aliphatic imine (C=N–C) groups is 1. The fourth-order valence-corrected chi connectivity index (χ4v) is 4.83. The Hall–Kier alpha value is -3.22. The minimum Gasteiger partial charge on any atom is -0.488 e. The van der Waals surface area contributed by atoms with Gasteiger partial charge >= 0.3 is 0 Å². The van der Waals surface area contributed by atoms with Gasteiger partial charge in [0.1, 0.15) is 12.4 Å². The fraction of sp³-hybridized carbons (Fsp3) is 0.107. The van der Waals surface area contributed by atoms with Gasteiger partial charge in [0.05, 0.1) is 0 Å². The first-order valence-corrected chi connectivity index (χ1v) is 11.4. The van der Waals surface area contributed by atoms with Crippen molar-refractivity contribution in [2.75, 3.05) is 7.05 Å². The second-order valence-corrected chi connectivity index (χ2v) is 8.66. The zero-order valence-electron chi connectivity index (χ0n) is 17.7. The van der Waals surface area contributed by atoms with Crippen LogP contribution in [0.15, 0.2) is 108 Å². The summed E-state index contributed by atoms with van der Waals surface area (Å²) in [6.45, 7) is 0.558. The zero-order chi connectivity index (χ0) is 21.3. The van der Waals surface area contributed by atoms with Crippen LogP contribution in [0.1, 0.15) is 22.3 Å². The number of benzene rings is 4. The van der Waals surface area contributed by atoms with E-state index in [1.807, 2.05) is 19.3 Å². The van der Waals surface area contributed by atoms with E-state index in [9.17, 15) is 0 Å². The van der Waals surface area contributed by atoms with Crippen molar-refractivity contribution in [2.24, 2.45) is 4.99 Å². The molecule has 0 heterocycles. The highest BCUT2D eigenvalue weighted by atomic mass is 31.1. The van der Waals surface area contributed by atoms with Crippen molar-refractivity contribution >= 4 is 25.4 Å². The molecule has 0 spiro atoms. The molecule has 0 fully saturated rings. The molecule has 0 saturated heterocycles. The Labute approximate surface area is 186 Å². The van der Waals surface area contributed by atoms with Gasteiger partial charge in [0, 0.05) is 25.0 Å². The first-order valence-electron chi connectivity index (χ1n) is 10.4. The van der Waals surface area contributed by atoms with Crippen LogP contribution in [0.3, 0.4) is 0 Å². The maximum atomic E-state index is 6.47. The molecule has 3 heteroatoms. The Balaban J connectivity index is 1.69. The van der Waals surface area contributed by atoms with E-state index >= 15 is 0 Å². The molecule has 4 aromatic rings. The minimum absolute atomic E-state index is 0.493. The van der Waals surface area contributed by atoms with Gasteiger partial charge in [-0.05, 0) is 27.6 Å². The molecular formula is C28H26NOP. The van der Waals surface area contributed by atoms with Crippen molar-refractivity contribution in [1.29, 1.82) is 0 Å². The summed E-state index contributed by atoms with van der Waals surface area (Å²) in [6, 6.07) is 35.9. The summed E-state index contributed by atoms with van der Waals surface area (Å²) in [5.74, 6) is 0.997. The molecule has 0 saturated carbocycles. The molecule has 31 heavy (non-hydrogen) atoms. The van der Waals surface area contributed by atoms with Gasteiger partial charge in [-0.2, -0.15) is 0 Å². The van der Waals surface area contributed by atoms with E-state index in [2.05, 4.69) is 102 Å². The quantitative estimate of drug-likeness (QED) is 0.270. The number of hydrogen-bond donors (Lipinski definition) is 0. The number of hydrogen-bond acceptors (Lipinski definition) is 2. The molecule has 1 atom stereocenters. The van der Waals surface area contributed by atoms with Crippen LogP contribution in [0, 0.1) is 0 Å². The molecule has 0 aliphatic carbocycles. The molecule has 154 valence electrons. The van der Waals surface area contributed by atoms with Gasteiger partial charge in [0.25, 0.3) is 0 Å². The standard InChI is InChI=1S/C28H26NOP/c1-29-20-25-15-8-9-17-26(25)31-27-18-10-16-24(19-22-11-4-2-5-12-22)28(27)30-21-23-13-6-3-7-14-23/h2-18,20,31H,19,21H2,1H3. The number of nitrogens with zero attached hydrogens (tertiary/aromatic N) is 1. The van der Waals surface area contributed by atoms with Crippen molar-refractivity contribution in [1.82, 2.24) is 0 Å². The molecule has 0 amide bonds. The topological polar surface area (TPSA) is 21.6 Å². The molecule has 0 aliphatic heterocycles. The number of ether oxygens (including phenoxy) is 1. The summed E-state index contributed by atoms with van der Waals surface area (Å²) in [6.07, 6.45) is 2.78. The van der Waals surface area contributed by atoms with E-state index in [0.717, 1.165) is 17.7 Å². The van der Waals surface area contributed by atoms with Crippen molar-refractivity contribution in [3.05, 3.63) is 125 Å². The van der Waals surface area contributed by atoms with Gasteiger partial charge in [0.15, 0.2) is 0 Å². The van der Waals surface area contributed by atoms with Gasteiger partial charge in [0.2, 0.25) is 0 Å². The fourth-order valence-electron chi connectivity index (χ4n) is 3.55. The Morgan fingerprint density at radius 3 is 2.10 bits per heavy atom. The molecule has 0 bridgehead atoms. The SMILES string of the molecule is CN=Cc1ccccc1Pc1cccc(Cc2ccccc2)c1OCc1ccccc1. The molecule has 1 unspecified atom stereocenters. The lowest BCUT2D eigenvalue weighted by molar-refractivity contribution is 0.306. The predicted octanol–water partition coefficient (Wildman–Crippen LogP) is 5.53. The van der Waals surface area contributed by atoms with E-state index < -0.39 is 0 Å². The average Bonchev–Trinajstić information content (AvgIpc) is 2.81. The summed E-state index contributed by atoms with van der Waals surface area (Å²) in [4.78, 5) is 4.23. The van der Waals surface area contributed by atoms with Crippen LogP contribution in [-0.4, -0.2) is 13.3 Å². The maximum Gasteiger partial charge on any atom is 0.131 e. The second kappa shape index (κ2) is 10.7. The van der Waals surface area contributed by atoms with E-state index in [0.29, 0.717) is 15.2 Å². The average molecular weight is 423 g/mol. The Morgan fingerprint density at radius 1 is 0.710 bits per heavy atom. The lowest BCUT2D eigenvalue weighted by atomic mass is 10.0. The number of para-hydroxylation sites is 1. The highest BCUT2D eigenvalue weighted by molar-refractivity contribution is 7.56. The van der Waals surface area contributed by atoms with Crippen LogP contribution < -0.4 is 15.3 Å². The molecule has 4 rings (SSSR count). The lowest BCUT2D eigenvalue weighted by Crippen LogP contribution is -2.13. The normalized spacial score (nSPS) is 11.4. The highest BCUT2D eigenvalue weighted by Crippen LogP contribution is 2.27. The molecule has 0 N–H and O–H groups in total. The molecule has 4 aromatic carbocycles. The van der Waals surface area contributed by atoms with E-state index in [-0.39, 0.29) is 0 Å². The third kappa shape index (κ3) is 5.69. The molecule has 0 aromatic heterocycles. The zero-order valence-corrected chi connectivity index (χ0v) is 18.7. The Bertz CT molecular complexity index is 1140. The maximum absolute atomic E-state index is 6.47. The van der Waals surface area contributed by atoms with Crippen LogP contribution in [0.25, 0.3) is 0 Å².